The van der Waals surface area contributed by atoms with Crippen molar-refractivity contribution in [1.82, 2.24) is 4.72 Å². The minimum atomic E-state index is -3.72. The fourth-order valence-electron chi connectivity index (χ4n) is 3.22. The van der Waals surface area contributed by atoms with E-state index in [0.717, 1.165) is 25.0 Å². The minimum absolute atomic E-state index is 0.0457. The topological polar surface area (TPSA) is 66.4 Å². The molecule has 2 aromatic carbocycles. The summed E-state index contributed by atoms with van der Waals surface area (Å²) in [6.45, 7) is -0.0457. The van der Waals surface area contributed by atoms with Crippen molar-refractivity contribution in [2.45, 2.75) is 30.2 Å². The summed E-state index contributed by atoms with van der Waals surface area (Å²) >= 11 is 0. The third-order valence-corrected chi connectivity index (χ3v) is 6.11. The molecule has 134 valence electrons. The molecule has 0 unspecified atom stereocenters. The molecule has 0 spiro atoms. The van der Waals surface area contributed by atoms with Crippen LogP contribution in [0.4, 0.5) is 8.78 Å². The van der Waals surface area contributed by atoms with Crippen molar-refractivity contribution in [3.63, 3.8) is 0 Å². The smallest absolute Gasteiger partial charge is 0.240 e. The average Bonchev–Trinajstić information content (AvgIpc) is 3.01. The highest BCUT2D eigenvalue weighted by molar-refractivity contribution is 7.89. The van der Waals surface area contributed by atoms with Gasteiger partial charge in [-0.15, -0.1) is 0 Å². The van der Waals surface area contributed by atoms with Crippen LogP contribution in [0, 0.1) is 17.6 Å². The lowest BCUT2D eigenvalue weighted by atomic mass is 10.1. The monoisotopic (exact) mass is 367 g/mol. The van der Waals surface area contributed by atoms with Gasteiger partial charge in [-0.3, -0.25) is 0 Å². The molecule has 1 saturated carbocycles. The highest BCUT2D eigenvalue weighted by atomic mass is 32.2. The molecule has 2 atom stereocenters. The van der Waals surface area contributed by atoms with E-state index in [0.29, 0.717) is 12.0 Å². The van der Waals surface area contributed by atoms with Gasteiger partial charge in [0.05, 0.1) is 4.90 Å². The van der Waals surface area contributed by atoms with Crippen molar-refractivity contribution < 1.29 is 22.3 Å². The third kappa shape index (κ3) is 3.89. The second-order valence-electron chi connectivity index (χ2n) is 6.25. The molecule has 0 radical (unpaired) electrons. The molecule has 25 heavy (non-hydrogen) atoms. The van der Waals surface area contributed by atoms with Crippen LogP contribution in [0.3, 0.4) is 0 Å². The van der Waals surface area contributed by atoms with E-state index in [9.17, 15) is 22.3 Å². The molecule has 2 N–H and O–H groups in total. The summed E-state index contributed by atoms with van der Waals surface area (Å²) in [6.07, 6.45) is 2.37. The summed E-state index contributed by atoms with van der Waals surface area (Å²) in [5.74, 6) is -1.44. The number of rotatable bonds is 5. The Bertz CT molecular complexity index is 853. The molecular weight excluding hydrogens is 348 g/mol. The van der Waals surface area contributed by atoms with Gasteiger partial charge in [0.2, 0.25) is 10.0 Å². The van der Waals surface area contributed by atoms with Crippen LogP contribution < -0.4 is 4.72 Å². The Hall–Kier alpha value is -1.83. The Morgan fingerprint density at radius 1 is 1.08 bits per heavy atom. The van der Waals surface area contributed by atoms with Crippen LogP contribution in [0.1, 0.15) is 19.3 Å². The number of hydrogen-bond acceptors (Lipinski definition) is 3. The number of nitrogens with one attached hydrogen (secondary N) is 1. The molecule has 0 aromatic heterocycles. The number of benzene rings is 2. The summed E-state index contributed by atoms with van der Waals surface area (Å²) in [5.41, 5.74) is 0.667. The van der Waals surface area contributed by atoms with Crippen LogP contribution >= 0.6 is 0 Å². The zero-order valence-corrected chi connectivity index (χ0v) is 14.3. The number of aliphatic hydroxyl groups is 1. The SMILES string of the molecule is O=S(=O)(N[C@H]1CCC[C@H]1CO)c1ccc(-c2ccc(F)cc2F)cc1. The van der Waals surface area contributed by atoms with Crippen molar-refractivity contribution in [2.24, 2.45) is 5.92 Å². The lowest BCUT2D eigenvalue weighted by Gasteiger charge is -2.19. The van der Waals surface area contributed by atoms with E-state index in [1.807, 2.05) is 0 Å². The Morgan fingerprint density at radius 3 is 2.44 bits per heavy atom. The standard InChI is InChI=1S/C18H19F2NO3S/c19-14-6-9-16(17(20)10-14)12-4-7-15(8-5-12)25(23,24)21-18-3-1-2-13(18)11-22/h4-10,13,18,21-22H,1-3,11H2/t13-,18-/m0/s1. The summed E-state index contributed by atoms with van der Waals surface area (Å²) in [4.78, 5) is 0.0716. The molecule has 0 bridgehead atoms. The van der Waals surface area contributed by atoms with Crippen molar-refractivity contribution >= 4 is 10.0 Å². The van der Waals surface area contributed by atoms with Gasteiger partial charge in [0.25, 0.3) is 0 Å². The van der Waals surface area contributed by atoms with E-state index in [2.05, 4.69) is 4.72 Å². The van der Waals surface area contributed by atoms with Crippen LogP contribution in [0.25, 0.3) is 11.1 Å². The van der Waals surface area contributed by atoms with E-state index >= 15 is 0 Å². The number of sulfonamides is 1. The van der Waals surface area contributed by atoms with E-state index in [-0.39, 0.29) is 29.0 Å². The van der Waals surface area contributed by atoms with Gasteiger partial charge < -0.3 is 5.11 Å². The highest BCUT2D eigenvalue weighted by Crippen LogP contribution is 2.28. The molecule has 7 heteroatoms. The van der Waals surface area contributed by atoms with Gasteiger partial charge in [-0.2, -0.15) is 0 Å². The number of halogens is 2. The second-order valence-corrected chi connectivity index (χ2v) is 7.96. The third-order valence-electron chi connectivity index (χ3n) is 4.61. The zero-order chi connectivity index (χ0) is 18.0. The molecule has 0 aliphatic heterocycles. The Labute approximate surface area is 145 Å². The molecule has 3 rings (SSSR count). The second kappa shape index (κ2) is 7.19. The minimum Gasteiger partial charge on any atom is -0.396 e. The molecule has 1 aliphatic rings. The van der Waals surface area contributed by atoms with Crippen molar-refractivity contribution in [2.75, 3.05) is 6.61 Å². The largest absolute Gasteiger partial charge is 0.396 e. The summed E-state index contributed by atoms with van der Waals surface area (Å²) < 4.78 is 54.4. The maximum atomic E-state index is 13.8. The first-order chi connectivity index (χ1) is 11.9. The molecular formula is C18H19F2NO3S. The lowest BCUT2D eigenvalue weighted by Crippen LogP contribution is -2.38. The number of aliphatic hydroxyl groups excluding tert-OH is 1. The first-order valence-electron chi connectivity index (χ1n) is 8.09. The summed E-state index contributed by atoms with van der Waals surface area (Å²) in [7, 11) is -3.72. The Balaban J connectivity index is 1.81. The van der Waals surface area contributed by atoms with Gasteiger partial charge in [0.15, 0.2) is 0 Å². The number of hydrogen-bond donors (Lipinski definition) is 2. The van der Waals surface area contributed by atoms with E-state index in [1.54, 1.807) is 0 Å². The zero-order valence-electron chi connectivity index (χ0n) is 13.5. The van der Waals surface area contributed by atoms with E-state index < -0.39 is 21.7 Å². The maximum absolute atomic E-state index is 13.8. The molecule has 2 aromatic rings. The predicted molar refractivity (Wildman–Crippen MR) is 90.3 cm³/mol. The van der Waals surface area contributed by atoms with Gasteiger partial charge in [-0.05, 0) is 48.6 Å². The van der Waals surface area contributed by atoms with Crippen molar-refractivity contribution in [3.8, 4) is 11.1 Å². The fraction of sp³-hybridized carbons (Fsp3) is 0.333. The summed E-state index contributed by atoms with van der Waals surface area (Å²) in [6, 6.07) is 8.75. The van der Waals surface area contributed by atoms with Crippen molar-refractivity contribution in [3.05, 3.63) is 54.1 Å². The average molecular weight is 367 g/mol. The molecule has 4 nitrogen and oxygen atoms in total. The van der Waals surface area contributed by atoms with Crippen LogP contribution in [0.5, 0.6) is 0 Å². The summed E-state index contributed by atoms with van der Waals surface area (Å²) in [5, 5.41) is 9.31. The lowest BCUT2D eigenvalue weighted by molar-refractivity contribution is 0.213. The van der Waals surface area contributed by atoms with E-state index in [4.69, 9.17) is 0 Å². The van der Waals surface area contributed by atoms with Gasteiger partial charge in [0.1, 0.15) is 11.6 Å². The van der Waals surface area contributed by atoms with Crippen LogP contribution in [0.15, 0.2) is 47.4 Å². The predicted octanol–water partition coefficient (Wildman–Crippen LogP) is 3.07. The van der Waals surface area contributed by atoms with Crippen LogP contribution in [-0.2, 0) is 10.0 Å². The fourth-order valence-corrected chi connectivity index (χ4v) is 4.55. The quantitative estimate of drug-likeness (QED) is 0.854. The Morgan fingerprint density at radius 2 is 1.80 bits per heavy atom. The van der Waals surface area contributed by atoms with Crippen LogP contribution in [0.2, 0.25) is 0 Å². The molecule has 0 heterocycles. The maximum Gasteiger partial charge on any atom is 0.240 e. The first-order valence-corrected chi connectivity index (χ1v) is 9.58. The molecule has 1 fully saturated rings. The van der Waals surface area contributed by atoms with Crippen LogP contribution in [-0.4, -0.2) is 26.2 Å². The Kier molecular flexibility index (Phi) is 5.17. The molecule has 1 aliphatic carbocycles. The molecule has 0 amide bonds. The van der Waals surface area contributed by atoms with Gasteiger partial charge >= 0.3 is 0 Å². The normalized spacial score (nSPS) is 20.8. The van der Waals surface area contributed by atoms with Gasteiger partial charge in [-0.1, -0.05) is 18.6 Å². The van der Waals surface area contributed by atoms with Gasteiger partial charge in [-0.25, -0.2) is 21.9 Å². The molecule has 0 saturated heterocycles. The van der Waals surface area contributed by atoms with Gasteiger partial charge in [0, 0.05) is 24.3 Å². The van der Waals surface area contributed by atoms with Crippen molar-refractivity contribution in [1.29, 1.82) is 0 Å². The highest BCUT2D eigenvalue weighted by Gasteiger charge is 2.30. The first kappa shape index (κ1) is 18.0. The van der Waals surface area contributed by atoms with E-state index in [1.165, 1.54) is 30.3 Å².